The molecule has 3 rings (SSSR count). The van der Waals surface area contributed by atoms with Gasteiger partial charge in [-0.3, -0.25) is 9.69 Å². The third-order valence-corrected chi connectivity index (χ3v) is 6.78. The highest BCUT2D eigenvalue weighted by Crippen LogP contribution is 2.22. The fourth-order valence-electron chi connectivity index (χ4n) is 4.24. The lowest BCUT2D eigenvalue weighted by Gasteiger charge is -2.34. The molecule has 0 aromatic heterocycles. The summed E-state index contributed by atoms with van der Waals surface area (Å²) in [5, 5.41) is 0. The van der Waals surface area contributed by atoms with Gasteiger partial charge in [0.2, 0.25) is 0 Å². The second kappa shape index (κ2) is 13.4. The van der Waals surface area contributed by atoms with Crippen molar-refractivity contribution in [1.29, 1.82) is 0 Å². The number of rotatable bonds is 4. The molecule has 5 heteroatoms. The van der Waals surface area contributed by atoms with Crippen LogP contribution in [0.4, 0.5) is 0 Å². The number of hydrogen-bond donors (Lipinski definition) is 0. The predicted octanol–water partition coefficient (Wildman–Crippen LogP) is 4.44. The van der Waals surface area contributed by atoms with Gasteiger partial charge < -0.3 is 14.7 Å². The van der Waals surface area contributed by atoms with Crippen LogP contribution in [0.2, 0.25) is 0 Å². The van der Waals surface area contributed by atoms with E-state index in [4.69, 9.17) is 0 Å². The highest BCUT2D eigenvalue weighted by atomic mass is 16.2. The third kappa shape index (κ3) is 10.3. The van der Waals surface area contributed by atoms with Crippen molar-refractivity contribution in [3.05, 3.63) is 35.4 Å². The Morgan fingerprint density at radius 3 is 1.63 bits per heavy atom. The minimum atomic E-state index is 0.133. The Bertz CT molecular complexity index is 822. The zero-order valence-electron chi connectivity index (χ0n) is 23.8. The Balaban J connectivity index is 0.000000258. The molecule has 5 nitrogen and oxygen atoms in total. The number of benzene rings is 1. The first-order valence-electron chi connectivity index (χ1n) is 13.5. The van der Waals surface area contributed by atoms with Crippen LogP contribution in [0.5, 0.6) is 0 Å². The smallest absolute Gasteiger partial charge is 0.253 e. The van der Waals surface area contributed by atoms with E-state index in [2.05, 4.69) is 94.1 Å². The lowest BCUT2D eigenvalue weighted by atomic mass is 9.86. The molecule has 0 spiro atoms. The number of nitrogens with zero attached hydrogens (tertiary/aromatic N) is 4. The summed E-state index contributed by atoms with van der Waals surface area (Å²) in [7, 11) is 0. The van der Waals surface area contributed by atoms with E-state index < -0.39 is 0 Å². The first-order valence-corrected chi connectivity index (χ1v) is 13.5. The van der Waals surface area contributed by atoms with Crippen molar-refractivity contribution < 1.29 is 4.79 Å². The van der Waals surface area contributed by atoms with Gasteiger partial charge in [-0.1, -0.05) is 58.6 Å². The molecular formula is C30H50N4O. The maximum atomic E-state index is 12.5. The molecule has 196 valence electrons. The van der Waals surface area contributed by atoms with Gasteiger partial charge in [0, 0.05) is 63.3 Å². The second-order valence-electron chi connectivity index (χ2n) is 11.8. The molecule has 2 aliphatic heterocycles. The quantitative estimate of drug-likeness (QED) is 0.594. The van der Waals surface area contributed by atoms with Crippen LogP contribution in [-0.4, -0.2) is 97.5 Å². The van der Waals surface area contributed by atoms with Crippen molar-refractivity contribution in [2.75, 3.05) is 72.0 Å². The summed E-state index contributed by atoms with van der Waals surface area (Å²) in [6.07, 6.45) is 0. The number of carbonyl (C=O) groups excluding carboxylic acids is 1. The summed E-state index contributed by atoms with van der Waals surface area (Å²) in [6, 6.07) is 8.09. The molecule has 0 unspecified atom stereocenters. The maximum Gasteiger partial charge on any atom is 0.253 e. The molecule has 35 heavy (non-hydrogen) atoms. The summed E-state index contributed by atoms with van der Waals surface area (Å²) >= 11 is 0. The van der Waals surface area contributed by atoms with Crippen LogP contribution in [0.3, 0.4) is 0 Å². The van der Waals surface area contributed by atoms with E-state index in [9.17, 15) is 4.79 Å². The second-order valence-corrected chi connectivity index (χ2v) is 11.8. The molecule has 0 aliphatic carbocycles. The Morgan fingerprint density at radius 2 is 1.20 bits per heavy atom. The van der Waals surface area contributed by atoms with Crippen LogP contribution in [-0.2, 0) is 5.41 Å². The molecule has 1 aromatic rings. The van der Waals surface area contributed by atoms with Crippen molar-refractivity contribution >= 4 is 5.91 Å². The average molecular weight is 483 g/mol. The maximum absolute atomic E-state index is 12.5. The van der Waals surface area contributed by atoms with Crippen LogP contribution in [0.25, 0.3) is 0 Å². The summed E-state index contributed by atoms with van der Waals surface area (Å²) in [6.45, 7) is 29.1. The van der Waals surface area contributed by atoms with Crippen molar-refractivity contribution in [1.82, 2.24) is 19.6 Å². The van der Waals surface area contributed by atoms with Crippen molar-refractivity contribution in [3.8, 4) is 11.8 Å². The zero-order valence-corrected chi connectivity index (χ0v) is 23.8. The van der Waals surface area contributed by atoms with E-state index in [0.717, 1.165) is 44.8 Å². The lowest BCUT2D eigenvalue weighted by Crippen LogP contribution is -2.48. The van der Waals surface area contributed by atoms with Gasteiger partial charge in [-0.2, -0.15) is 0 Å². The Kier molecular flexibility index (Phi) is 11.3. The molecule has 0 atom stereocenters. The molecule has 2 aliphatic rings. The number of likely N-dealkylation sites (N-methyl/N-ethyl adjacent to an activating group) is 2. The van der Waals surface area contributed by atoms with Crippen molar-refractivity contribution in [2.24, 2.45) is 5.41 Å². The first-order chi connectivity index (χ1) is 16.4. The SMILES string of the molecule is CCN1CCN(C(=O)c2ccc(C(C)(C)C)cc2)CC1.CCN1CCN(CC#CC(C)(C)C)CC1. The number of hydrogen-bond acceptors (Lipinski definition) is 4. The molecule has 2 heterocycles. The number of amides is 1. The first kappa shape index (κ1) is 29.4. The van der Waals surface area contributed by atoms with E-state index in [-0.39, 0.29) is 16.7 Å². The molecule has 0 saturated carbocycles. The molecule has 0 N–H and O–H groups in total. The molecule has 2 fully saturated rings. The predicted molar refractivity (Wildman–Crippen MR) is 149 cm³/mol. The monoisotopic (exact) mass is 482 g/mol. The minimum Gasteiger partial charge on any atom is -0.336 e. The van der Waals surface area contributed by atoms with Crippen LogP contribution in [0.15, 0.2) is 24.3 Å². The van der Waals surface area contributed by atoms with Crippen molar-refractivity contribution in [3.63, 3.8) is 0 Å². The summed E-state index contributed by atoms with van der Waals surface area (Å²) in [4.78, 5) is 21.8. The molecule has 0 bridgehead atoms. The summed E-state index contributed by atoms with van der Waals surface area (Å²) < 4.78 is 0. The average Bonchev–Trinajstić information content (AvgIpc) is 2.83. The van der Waals surface area contributed by atoms with E-state index >= 15 is 0 Å². The summed E-state index contributed by atoms with van der Waals surface area (Å²) in [5.74, 6) is 6.74. The van der Waals surface area contributed by atoms with E-state index in [1.807, 2.05) is 17.0 Å². The van der Waals surface area contributed by atoms with Crippen LogP contribution in [0.1, 0.15) is 71.3 Å². The Hall–Kier alpha value is -1.87. The lowest BCUT2D eigenvalue weighted by molar-refractivity contribution is 0.0643. The van der Waals surface area contributed by atoms with Gasteiger partial charge >= 0.3 is 0 Å². The molecule has 2 saturated heterocycles. The topological polar surface area (TPSA) is 30.0 Å². The van der Waals surface area contributed by atoms with Gasteiger partial charge in [0.15, 0.2) is 0 Å². The minimum absolute atomic E-state index is 0.133. The largest absolute Gasteiger partial charge is 0.336 e. The highest BCUT2D eigenvalue weighted by Gasteiger charge is 2.22. The third-order valence-electron chi connectivity index (χ3n) is 6.78. The van der Waals surface area contributed by atoms with Gasteiger partial charge in [-0.25, -0.2) is 0 Å². The van der Waals surface area contributed by atoms with E-state index in [1.54, 1.807) is 0 Å². The standard InChI is InChI=1S/C17H26N2O.C13H24N2/c1-5-18-10-12-19(13-11-18)16(20)14-6-8-15(9-7-14)17(2,3)4;1-5-14-9-11-15(12-10-14)8-6-7-13(2,3)4/h6-9H,5,10-13H2,1-4H3;5,8-12H2,1-4H3. The fourth-order valence-corrected chi connectivity index (χ4v) is 4.24. The normalized spacial score (nSPS) is 18.3. The number of carbonyl (C=O) groups is 1. The van der Waals surface area contributed by atoms with Crippen LogP contribution < -0.4 is 0 Å². The Labute approximate surface area is 215 Å². The van der Waals surface area contributed by atoms with Crippen molar-refractivity contribution in [2.45, 2.75) is 60.8 Å². The highest BCUT2D eigenvalue weighted by molar-refractivity contribution is 5.94. The molecule has 1 amide bonds. The molecule has 1 aromatic carbocycles. The van der Waals surface area contributed by atoms with Gasteiger partial charge in [0.25, 0.3) is 5.91 Å². The molecule has 0 radical (unpaired) electrons. The fraction of sp³-hybridized carbons (Fsp3) is 0.700. The van der Waals surface area contributed by atoms with Gasteiger partial charge in [-0.15, -0.1) is 0 Å². The van der Waals surface area contributed by atoms with E-state index in [0.29, 0.717) is 0 Å². The number of piperazine rings is 2. The molecular weight excluding hydrogens is 432 g/mol. The van der Waals surface area contributed by atoms with Gasteiger partial charge in [-0.05, 0) is 57.0 Å². The van der Waals surface area contributed by atoms with Crippen LogP contribution >= 0.6 is 0 Å². The van der Waals surface area contributed by atoms with Gasteiger partial charge in [0.1, 0.15) is 0 Å². The van der Waals surface area contributed by atoms with Gasteiger partial charge in [0.05, 0.1) is 6.54 Å². The zero-order chi connectivity index (χ0) is 26.1. The Morgan fingerprint density at radius 1 is 0.743 bits per heavy atom. The van der Waals surface area contributed by atoms with E-state index in [1.165, 1.54) is 38.3 Å². The van der Waals surface area contributed by atoms with Crippen LogP contribution in [0, 0.1) is 17.3 Å². The summed E-state index contributed by atoms with van der Waals surface area (Å²) in [5.41, 5.74) is 2.35.